The average molecular weight is 246 g/mol. The molecule has 0 aliphatic heterocycles. The van der Waals surface area contributed by atoms with Gasteiger partial charge in [0.2, 0.25) is 0 Å². The second-order valence-corrected chi connectivity index (χ2v) is 3.59. The van der Waals surface area contributed by atoms with E-state index >= 15 is 0 Å². The molecular formula is C12H13F3O2. The van der Waals surface area contributed by atoms with Crippen molar-refractivity contribution in [1.29, 1.82) is 0 Å². The van der Waals surface area contributed by atoms with Crippen LogP contribution in [-0.2, 0) is 0 Å². The molecule has 0 spiro atoms. The van der Waals surface area contributed by atoms with Crippen molar-refractivity contribution >= 4 is 6.08 Å². The monoisotopic (exact) mass is 246 g/mol. The Morgan fingerprint density at radius 2 is 1.94 bits per heavy atom. The summed E-state index contributed by atoms with van der Waals surface area (Å²) in [6, 6.07) is 4.48. The number of hydrogen-bond acceptors (Lipinski definition) is 2. The summed E-state index contributed by atoms with van der Waals surface area (Å²) < 4.78 is 46.0. The van der Waals surface area contributed by atoms with E-state index in [4.69, 9.17) is 4.74 Å². The highest BCUT2D eigenvalue weighted by Crippen LogP contribution is 2.36. The first-order valence-corrected chi connectivity index (χ1v) is 5.01. The molecule has 0 radical (unpaired) electrons. The summed E-state index contributed by atoms with van der Waals surface area (Å²) in [6.45, 7) is 6.88. The SMILES string of the molecule is C=Cc1cccc(OC(C)C)c1OC(F)(F)F. The van der Waals surface area contributed by atoms with Crippen LogP contribution in [0.15, 0.2) is 24.8 Å². The van der Waals surface area contributed by atoms with Gasteiger partial charge in [0.1, 0.15) is 0 Å². The summed E-state index contributed by atoms with van der Waals surface area (Å²) in [7, 11) is 0. The number of benzene rings is 1. The van der Waals surface area contributed by atoms with Crippen molar-refractivity contribution in [2.24, 2.45) is 0 Å². The predicted molar refractivity (Wildman–Crippen MR) is 59.0 cm³/mol. The van der Waals surface area contributed by atoms with Gasteiger partial charge in [0.05, 0.1) is 6.10 Å². The van der Waals surface area contributed by atoms with Gasteiger partial charge in [0.15, 0.2) is 11.5 Å². The van der Waals surface area contributed by atoms with E-state index in [1.165, 1.54) is 18.2 Å². The molecule has 0 saturated heterocycles. The summed E-state index contributed by atoms with van der Waals surface area (Å²) in [6.07, 6.45) is -3.71. The van der Waals surface area contributed by atoms with Crippen molar-refractivity contribution in [3.8, 4) is 11.5 Å². The largest absolute Gasteiger partial charge is 0.573 e. The molecule has 0 N–H and O–H groups in total. The maximum Gasteiger partial charge on any atom is 0.573 e. The van der Waals surface area contributed by atoms with Crippen molar-refractivity contribution in [2.45, 2.75) is 26.3 Å². The minimum atomic E-state index is -4.76. The number of rotatable bonds is 4. The highest BCUT2D eigenvalue weighted by Gasteiger charge is 2.33. The second kappa shape index (κ2) is 5.12. The third-order valence-corrected chi connectivity index (χ3v) is 1.81. The molecule has 0 aliphatic carbocycles. The van der Waals surface area contributed by atoms with E-state index in [0.717, 1.165) is 0 Å². The first kappa shape index (κ1) is 13.4. The fourth-order valence-corrected chi connectivity index (χ4v) is 1.27. The maximum absolute atomic E-state index is 12.3. The Hall–Kier alpha value is -1.65. The number of alkyl halides is 3. The molecule has 94 valence electrons. The highest BCUT2D eigenvalue weighted by molar-refractivity contribution is 5.61. The predicted octanol–water partition coefficient (Wildman–Crippen LogP) is 4.02. The first-order valence-electron chi connectivity index (χ1n) is 5.01. The van der Waals surface area contributed by atoms with Crippen molar-refractivity contribution in [3.05, 3.63) is 30.3 Å². The fraction of sp³-hybridized carbons (Fsp3) is 0.333. The smallest absolute Gasteiger partial charge is 0.487 e. The molecule has 17 heavy (non-hydrogen) atoms. The van der Waals surface area contributed by atoms with Gasteiger partial charge >= 0.3 is 6.36 Å². The van der Waals surface area contributed by atoms with Crippen LogP contribution in [0, 0.1) is 0 Å². The van der Waals surface area contributed by atoms with E-state index in [2.05, 4.69) is 11.3 Å². The molecule has 2 nitrogen and oxygen atoms in total. The number of para-hydroxylation sites is 1. The topological polar surface area (TPSA) is 18.5 Å². The Kier molecular flexibility index (Phi) is 4.04. The lowest BCUT2D eigenvalue weighted by Crippen LogP contribution is -2.19. The van der Waals surface area contributed by atoms with E-state index in [1.807, 2.05) is 0 Å². The molecule has 0 amide bonds. The molecule has 5 heteroatoms. The van der Waals surface area contributed by atoms with Gasteiger partial charge < -0.3 is 9.47 Å². The zero-order valence-corrected chi connectivity index (χ0v) is 9.54. The molecule has 0 aromatic heterocycles. The van der Waals surface area contributed by atoms with Crippen LogP contribution >= 0.6 is 0 Å². The normalized spacial score (nSPS) is 11.4. The molecule has 0 heterocycles. The molecule has 0 fully saturated rings. The van der Waals surface area contributed by atoms with Crippen LogP contribution in [0.5, 0.6) is 11.5 Å². The lowest BCUT2D eigenvalue weighted by molar-refractivity contribution is -0.275. The van der Waals surface area contributed by atoms with Crippen LogP contribution in [0.4, 0.5) is 13.2 Å². The molecule has 0 bridgehead atoms. The van der Waals surface area contributed by atoms with Gasteiger partial charge in [0, 0.05) is 5.56 Å². The van der Waals surface area contributed by atoms with Crippen LogP contribution in [0.25, 0.3) is 6.08 Å². The lowest BCUT2D eigenvalue weighted by atomic mass is 10.2. The minimum Gasteiger partial charge on any atom is -0.487 e. The van der Waals surface area contributed by atoms with Gasteiger partial charge in [-0.25, -0.2) is 0 Å². The van der Waals surface area contributed by atoms with Gasteiger partial charge in [-0.05, 0) is 19.9 Å². The Bertz CT molecular complexity index is 397. The quantitative estimate of drug-likeness (QED) is 0.799. The van der Waals surface area contributed by atoms with Crippen LogP contribution in [-0.4, -0.2) is 12.5 Å². The molecule has 0 atom stereocenters. The highest BCUT2D eigenvalue weighted by atomic mass is 19.4. The first-order chi connectivity index (χ1) is 7.83. The molecule has 1 aromatic carbocycles. The summed E-state index contributed by atoms with van der Waals surface area (Å²) in [5.41, 5.74) is 0.237. The van der Waals surface area contributed by atoms with Crippen LogP contribution in [0.1, 0.15) is 19.4 Å². The van der Waals surface area contributed by atoms with Crippen molar-refractivity contribution in [2.75, 3.05) is 0 Å². The lowest BCUT2D eigenvalue weighted by Gasteiger charge is -2.17. The molecule has 0 unspecified atom stereocenters. The van der Waals surface area contributed by atoms with E-state index in [1.54, 1.807) is 19.9 Å². The van der Waals surface area contributed by atoms with E-state index in [-0.39, 0.29) is 23.2 Å². The Morgan fingerprint density at radius 3 is 2.41 bits per heavy atom. The van der Waals surface area contributed by atoms with Crippen molar-refractivity contribution in [1.82, 2.24) is 0 Å². The Labute approximate surface area is 97.7 Å². The van der Waals surface area contributed by atoms with Crippen LogP contribution < -0.4 is 9.47 Å². The summed E-state index contributed by atoms with van der Waals surface area (Å²) >= 11 is 0. The molecule has 0 saturated carbocycles. The Balaban J connectivity index is 3.15. The van der Waals surface area contributed by atoms with E-state index in [0.29, 0.717) is 0 Å². The van der Waals surface area contributed by atoms with Crippen molar-refractivity contribution < 1.29 is 22.6 Å². The van der Waals surface area contributed by atoms with Crippen LogP contribution in [0.3, 0.4) is 0 Å². The molecule has 1 rings (SSSR count). The third kappa shape index (κ3) is 4.01. The zero-order valence-electron chi connectivity index (χ0n) is 9.54. The molecule has 0 aliphatic rings. The van der Waals surface area contributed by atoms with Gasteiger partial charge in [-0.15, -0.1) is 13.2 Å². The standard InChI is InChI=1S/C12H13F3O2/c1-4-9-6-5-7-10(16-8(2)3)11(9)17-12(13,14)15/h4-8H,1H2,2-3H3. The molecular weight excluding hydrogens is 233 g/mol. The molecule has 1 aromatic rings. The number of ether oxygens (including phenoxy) is 2. The number of hydrogen-bond donors (Lipinski definition) is 0. The van der Waals surface area contributed by atoms with Gasteiger partial charge in [-0.2, -0.15) is 0 Å². The number of halogens is 3. The summed E-state index contributed by atoms with van der Waals surface area (Å²) in [4.78, 5) is 0. The van der Waals surface area contributed by atoms with Gasteiger partial charge in [-0.1, -0.05) is 24.8 Å². The average Bonchev–Trinajstić information content (AvgIpc) is 2.17. The fourth-order valence-electron chi connectivity index (χ4n) is 1.27. The maximum atomic E-state index is 12.3. The van der Waals surface area contributed by atoms with Gasteiger partial charge in [0.25, 0.3) is 0 Å². The minimum absolute atomic E-state index is 0.0507. The zero-order chi connectivity index (χ0) is 13.1. The Morgan fingerprint density at radius 1 is 1.29 bits per heavy atom. The van der Waals surface area contributed by atoms with Crippen LogP contribution in [0.2, 0.25) is 0 Å². The summed E-state index contributed by atoms with van der Waals surface area (Å²) in [5.74, 6) is -0.307. The van der Waals surface area contributed by atoms with Gasteiger partial charge in [-0.3, -0.25) is 0 Å². The third-order valence-electron chi connectivity index (χ3n) is 1.81. The summed E-state index contributed by atoms with van der Waals surface area (Å²) in [5, 5.41) is 0. The second-order valence-electron chi connectivity index (χ2n) is 3.59. The van der Waals surface area contributed by atoms with E-state index < -0.39 is 6.36 Å². The van der Waals surface area contributed by atoms with E-state index in [9.17, 15) is 13.2 Å². The van der Waals surface area contributed by atoms with Crippen molar-refractivity contribution in [3.63, 3.8) is 0 Å².